The molecule has 0 aromatic carbocycles. The number of rotatable bonds is 10. The predicted octanol–water partition coefficient (Wildman–Crippen LogP) is 1.17. The van der Waals surface area contributed by atoms with Crippen molar-refractivity contribution in [3.05, 3.63) is 45.8 Å². The number of thioether (sulfide) groups is 1. The van der Waals surface area contributed by atoms with E-state index in [0.717, 1.165) is 42.7 Å². The number of nitro groups is 1. The van der Waals surface area contributed by atoms with Gasteiger partial charge in [0.15, 0.2) is 5.82 Å². The molecule has 0 amide bonds. The predicted molar refractivity (Wildman–Crippen MR) is 103 cm³/mol. The molecule has 0 fully saturated rings. The van der Waals surface area contributed by atoms with Gasteiger partial charge >= 0.3 is 37.7 Å². The van der Waals surface area contributed by atoms with Crippen LogP contribution in [0.25, 0.3) is 0 Å². The van der Waals surface area contributed by atoms with Crippen molar-refractivity contribution in [1.82, 2.24) is 15.5 Å². The summed E-state index contributed by atoms with van der Waals surface area (Å²) in [5.41, 5.74) is 0. The first-order valence-electron chi connectivity index (χ1n) is 7.51. The molecule has 1 heterocycles. The first kappa shape index (κ1) is 27.3. The zero-order chi connectivity index (χ0) is 19.2. The Labute approximate surface area is 187 Å². The van der Waals surface area contributed by atoms with E-state index >= 15 is 0 Å². The van der Waals surface area contributed by atoms with Crippen LogP contribution < -0.4 is 10.6 Å². The monoisotopic (exact) mass is 414 g/mol. The molecule has 1 rings (SSSR count). The second kappa shape index (κ2) is 16.2. The zero-order valence-corrected chi connectivity index (χ0v) is 18.7. The molecule has 1 aromatic heterocycles. The third-order valence-corrected chi connectivity index (χ3v) is 3.48. The van der Waals surface area contributed by atoms with Gasteiger partial charge in [0.05, 0.1) is 17.2 Å². The minimum atomic E-state index is -0.833. The number of hydrogen-bond donors (Lipinski definition) is 3. The van der Waals surface area contributed by atoms with Crippen molar-refractivity contribution in [3.8, 4) is 0 Å². The summed E-state index contributed by atoms with van der Waals surface area (Å²) in [6.07, 6.45) is 0.921. The number of carboxylic acids is 1. The molecule has 26 heavy (non-hydrogen) atoms. The SMILES string of the molecule is CC(=O)O.CN/C(=C/[N+](=O)[O-])NCCSCc1ccc(CN(C)C)o1.[Ca+2]. The Morgan fingerprint density at radius 1 is 1.42 bits per heavy atom. The molecule has 0 aliphatic rings. The summed E-state index contributed by atoms with van der Waals surface area (Å²) in [5.74, 6) is 3.11. The van der Waals surface area contributed by atoms with Gasteiger partial charge in [0.2, 0.25) is 0 Å². The molecule has 0 aliphatic carbocycles. The minimum Gasteiger partial charge on any atom is -0.481 e. The molecule has 0 aliphatic heterocycles. The van der Waals surface area contributed by atoms with Crippen molar-refractivity contribution in [3.63, 3.8) is 0 Å². The number of aliphatic carboxylic acids is 1. The van der Waals surface area contributed by atoms with Crippen molar-refractivity contribution in [2.45, 2.75) is 19.2 Å². The van der Waals surface area contributed by atoms with Crippen LogP contribution in [0.5, 0.6) is 0 Å². The molecular weight excluding hydrogens is 388 g/mol. The Bertz CT molecular complexity index is 562. The summed E-state index contributed by atoms with van der Waals surface area (Å²) < 4.78 is 5.70. The van der Waals surface area contributed by atoms with Gasteiger partial charge in [0, 0.05) is 26.3 Å². The third-order valence-electron chi connectivity index (χ3n) is 2.50. The van der Waals surface area contributed by atoms with Gasteiger partial charge in [-0.2, -0.15) is 11.8 Å². The summed E-state index contributed by atoms with van der Waals surface area (Å²) in [6, 6.07) is 3.98. The topological polar surface area (TPSA) is 121 Å². The van der Waals surface area contributed by atoms with Crippen LogP contribution in [0.4, 0.5) is 0 Å². The molecule has 9 nitrogen and oxygen atoms in total. The Balaban J connectivity index is 0. The summed E-state index contributed by atoms with van der Waals surface area (Å²) in [4.78, 5) is 20.9. The van der Waals surface area contributed by atoms with Crippen molar-refractivity contribution >= 4 is 55.5 Å². The number of carboxylic acid groups (broad SMARTS) is 1. The standard InChI is InChI=1S/C13H22N4O3S.C2H4O2.Ca/c1-14-13(9-17(18)19)15-6-7-21-10-12-5-4-11(20-12)8-16(2)3;1-2(3)4;/h4-5,9,14-15H,6-8,10H2,1-3H3;1H3,(H,3,4);/q;;+2/b13-9-;;. The molecule has 0 saturated heterocycles. The Morgan fingerprint density at radius 3 is 2.50 bits per heavy atom. The third kappa shape index (κ3) is 16.5. The van der Waals surface area contributed by atoms with Crippen molar-refractivity contribution in [1.29, 1.82) is 0 Å². The van der Waals surface area contributed by atoms with E-state index in [1.54, 1.807) is 18.8 Å². The van der Waals surface area contributed by atoms with E-state index in [1.165, 1.54) is 0 Å². The molecule has 0 radical (unpaired) electrons. The smallest absolute Gasteiger partial charge is 0.481 e. The van der Waals surface area contributed by atoms with E-state index in [4.69, 9.17) is 14.3 Å². The van der Waals surface area contributed by atoms with E-state index in [9.17, 15) is 10.1 Å². The van der Waals surface area contributed by atoms with Crippen LogP contribution in [0.3, 0.4) is 0 Å². The van der Waals surface area contributed by atoms with Gasteiger partial charge in [-0.15, -0.1) is 0 Å². The van der Waals surface area contributed by atoms with E-state index < -0.39 is 10.9 Å². The van der Waals surface area contributed by atoms with E-state index in [2.05, 4.69) is 15.5 Å². The average Bonchev–Trinajstić information content (AvgIpc) is 2.91. The van der Waals surface area contributed by atoms with E-state index in [-0.39, 0.29) is 37.7 Å². The number of furan rings is 1. The van der Waals surface area contributed by atoms with Crippen LogP contribution in [0, 0.1) is 10.1 Å². The molecule has 142 valence electrons. The van der Waals surface area contributed by atoms with Gasteiger partial charge in [0.1, 0.15) is 11.5 Å². The normalized spacial score (nSPS) is 10.4. The van der Waals surface area contributed by atoms with E-state index in [1.807, 2.05) is 26.2 Å². The van der Waals surface area contributed by atoms with Crippen LogP contribution >= 0.6 is 11.8 Å². The van der Waals surface area contributed by atoms with Crippen LogP contribution in [0.1, 0.15) is 18.4 Å². The zero-order valence-electron chi connectivity index (χ0n) is 15.7. The Hall–Kier alpha value is -0.940. The second-order valence-electron chi connectivity index (χ2n) is 5.18. The van der Waals surface area contributed by atoms with Gasteiger partial charge in [-0.1, -0.05) is 0 Å². The molecular formula is C15H26CaN4O5S+2. The van der Waals surface area contributed by atoms with E-state index in [0.29, 0.717) is 12.4 Å². The maximum absolute atomic E-state index is 10.3. The fourth-order valence-electron chi connectivity index (χ4n) is 1.63. The number of carbonyl (C=O) groups is 1. The van der Waals surface area contributed by atoms with Crippen molar-refractivity contribution < 1.29 is 19.2 Å². The van der Waals surface area contributed by atoms with Crippen LogP contribution in [0.15, 0.2) is 28.6 Å². The van der Waals surface area contributed by atoms with Crippen LogP contribution in [-0.2, 0) is 17.1 Å². The van der Waals surface area contributed by atoms with Gasteiger partial charge in [-0.05, 0) is 26.2 Å². The van der Waals surface area contributed by atoms with Gasteiger partial charge < -0.3 is 25.1 Å². The summed E-state index contributed by atoms with van der Waals surface area (Å²) >= 11 is 1.72. The van der Waals surface area contributed by atoms with Gasteiger partial charge in [-0.25, -0.2) is 0 Å². The molecule has 11 heteroatoms. The Kier molecular flexibility index (Phi) is 17.0. The molecule has 0 spiro atoms. The first-order chi connectivity index (χ1) is 11.7. The maximum Gasteiger partial charge on any atom is 2.00 e. The minimum absolute atomic E-state index is 0. The quantitative estimate of drug-likeness (QED) is 0.224. The molecule has 0 unspecified atom stereocenters. The largest absolute Gasteiger partial charge is 2.00 e. The summed E-state index contributed by atoms with van der Waals surface area (Å²) in [5, 5.41) is 23.5. The van der Waals surface area contributed by atoms with Gasteiger partial charge in [0.25, 0.3) is 12.2 Å². The van der Waals surface area contributed by atoms with Crippen molar-refractivity contribution in [2.24, 2.45) is 0 Å². The molecule has 3 N–H and O–H groups in total. The fraction of sp³-hybridized carbons (Fsp3) is 0.533. The summed E-state index contributed by atoms with van der Waals surface area (Å²) in [7, 11) is 5.64. The molecule has 1 aromatic rings. The Morgan fingerprint density at radius 2 is 2.00 bits per heavy atom. The number of nitrogens with zero attached hydrogens (tertiary/aromatic N) is 2. The molecule has 0 saturated carbocycles. The molecule has 0 bridgehead atoms. The maximum atomic E-state index is 10.3. The average molecular weight is 415 g/mol. The first-order valence-corrected chi connectivity index (χ1v) is 8.66. The fourth-order valence-corrected chi connectivity index (χ4v) is 2.38. The summed E-state index contributed by atoms with van der Waals surface area (Å²) in [6.45, 7) is 2.53. The van der Waals surface area contributed by atoms with Crippen LogP contribution in [0.2, 0.25) is 0 Å². The second-order valence-corrected chi connectivity index (χ2v) is 6.29. The molecule has 0 atom stereocenters. The van der Waals surface area contributed by atoms with Gasteiger partial charge in [-0.3, -0.25) is 14.9 Å². The van der Waals surface area contributed by atoms with Crippen LogP contribution in [-0.4, -0.2) is 92.1 Å². The number of nitrogens with one attached hydrogen (secondary N) is 2. The van der Waals surface area contributed by atoms with Crippen molar-refractivity contribution in [2.75, 3.05) is 33.4 Å². The number of hydrogen-bond acceptors (Lipinski definition) is 8.